The molecule has 0 aliphatic carbocycles. The summed E-state index contributed by atoms with van der Waals surface area (Å²) in [5.74, 6) is -0.585. The van der Waals surface area contributed by atoms with Gasteiger partial charge in [0, 0.05) is 0 Å². The van der Waals surface area contributed by atoms with Gasteiger partial charge in [-0.3, -0.25) is 4.79 Å². The Morgan fingerprint density at radius 2 is 2.12 bits per heavy atom. The van der Waals surface area contributed by atoms with Crippen LogP contribution in [-0.4, -0.2) is 29.6 Å². The van der Waals surface area contributed by atoms with Gasteiger partial charge in [-0.25, -0.2) is 4.79 Å². The molecule has 0 spiro atoms. The third-order valence-corrected chi connectivity index (χ3v) is 2.12. The van der Waals surface area contributed by atoms with E-state index in [1.807, 2.05) is 6.07 Å². The van der Waals surface area contributed by atoms with E-state index in [9.17, 15) is 9.59 Å². The highest BCUT2D eigenvalue weighted by Crippen LogP contribution is 2.12. The second kappa shape index (κ2) is 5.16. The van der Waals surface area contributed by atoms with Crippen molar-refractivity contribution in [1.82, 2.24) is 5.32 Å². The van der Waals surface area contributed by atoms with Crippen molar-refractivity contribution >= 4 is 12.4 Å². The minimum absolute atomic E-state index is 0.134. The molecule has 0 fully saturated rings. The SMILES string of the molecule is CC(COc1ccccc1)(NC=O)C(=O)O. The maximum atomic E-state index is 10.9. The molecule has 0 aromatic heterocycles. The van der Waals surface area contributed by atoms with Gasteiger partial charge in [-0.15, -0.1) is 0 Å². The molecule has 5 heteroatoms. The lowest BCUT2D eigenvalue weighted by Gasteiger charge is -2.23. The van der Waals surface area contributed by atoms with Crippen LogP contribution in [0.25, 0.3) is 0 Å². The average Bonchev–Trinajstić information content (AvgIpc) is 2.28. The van der Waals surface area contributed by atoms with E-state index in [2.05, 4.69) is 5.32 Å². The van der Waals surface area contributed by atoms with Gasteiger partial charge in [0.25, 0.3) is 0 Å². The number of carboxylic acid groups (broad SMARTS) is 1. The molecule has 0 bridgehead atoms. The van der Waals surface area contributed by atoms with Gasteiger partial charge in [0.2, 0.25) is 6.41 Å². The van der Waals surface area contributed by atoms with Crippen LogP contribution in [0, 0.1) is 0 Å². The van der Waals surface area contributed by atoms with E-state index in [-0.39, 0.29) is 6.61 Å². The summed E-state index contributed by atoms with van der Waals surface area (Å²) in [4.78, 5) is 21.2. The lowest BCUT2D eigenvalue weighted by Crippen LogP contribution is -2.53. The van der Waals surface area contributed by atoms with E-state index in [1.54, 1.807) is 24.3 Å². The summed E-state index contributed by atoms with van der Waals surface area (Å²) in [6.07, 6.45) is 0.350. The van der Waals surface area contributed by atoms with Gasteiger partial charge in [0.15, 0.2) is 5.54 Å². The monoisotopic (exact) mass is 223 g/mol. The minimum Gasteiger partial charge on any atom is -0.491 e. The molecule has 1 aromatic rings. The zero-order valence-corrected chi connectivity index (χ0v) is 8.84. The van der Waals surface area contributed by atoms with Crippen LogP contribution in [0.2, 0.25) is 0 Å². The standard InChI is InChI=1S/C11H13NO4/c1-11(10(14)15,12-8-13)7-16-9-5-3-2-4-6-9/h2-6,8H,7H2,1H3,(H,12,13)(H,14,15). The Morgan fingerprint density at radius 3 is 2.62 bits per heavy atom. The summed E-state index contributed by atoms with van der Waals surface area (Å²) in [7, 11) is 0. The molecule has 0 radical (unpaired) electrons. The zero-order valence-electron chi connectivity index (χ0n) is 8.84. The molecular formula is C11H13NO4. The molecule has 1 amide bonds. The number of carbonyl (C=O) groups excluding carboxylic acids is 1. The predicted molar refractivity (Wildman–Crippen MR) is 57.2 cm³/mol. The fourth-order valence-electron chi connectivity index (χ4n) is 1.04. The average molecular weight is 223 g/mol. The molecule has 0 saturated heterocycles. The third kappa shape index (κ3) is 2.98. The lowest BCUT2D eigenvalue weighted by molar-refractivity contribution is -0.146. The van der Waals surface area contributed by atoms with Crippen LogP contribution in [0.4, 0.5) is 0 Å². The Bertz CT molecular complexity index is 366. The first-order chi connectivity index (χ1) is 7.58. The normalized spacial score (nSPS) is 13.6. The molecule has 1 unspecified atom stereocenters. The highest BCUT2D eigenvalue weighted by Gasteiger charge is 2.33. The van der Waals surface area contributed by atoms with Crippen molar-refractivity contribution in [3.05, 3.63) is 30.3 Å². The Morgan fingerprint density at radius 1 is 1.50 bits per heavy atom. The molecule has 0 aliphatic rings. The van der Waals surface area contributed by atoms with Crippen molar-refractivity contribution < 1.29 is 19.4 Å². The zero-order chi connectivity index (χ0) is 12.0. The molecule has 1 rings (SSSR count). The molecular weight excluding hydrogens is 210 g/mol. The van der Waals surface area contributed by atoms with Crippen molar-refractivity contribution in [2.24, 2.45) is 0 Å². The molecule has 86 valence electrons. The van der Waals surface area contributed by atoms with Crippen molar-refractivity contribution in [2.45, 2.75) is 12.5 Å². The van der Waals surface area contributed by atoms with Gasteiger partial charge in [-0.05, 0) is 19.1 Å². The molecule has 0 saturated carbocycles. The smallest absolute Gasteiger partial charge is 0.332 e. The van der Waals surface area contributed by atoms with Gasteiger partial charge in [-0.2, -0.15) is 0 Å². The number of benzene rings is 1. The van der Waals surface area contributed by atoms with Gasteiger partial charge in [0.1, 0.15) is 12.4 Å². The van der Waals surface area contributed by atoms with Crippen LogP contribution in [0.5, 0.6) is 5.75 Å². The van der Waals surface area contributed by atoms with Crippen LogP contribution in [-0.2, 0) is 9.59 Å². The van der Waals surface area contributed by atoms with Crippen LogP contribution < -0.4 is 10.1 Å². The van der Waals surface area contributed by atoms with Gasteiger partial charge in [0.05, 0.1) is 0 Å². The van der Waals surface area contributed by atoms with E-state index in [4.69, 9.17) is 9.84 Å². The lowest BCUT2D eigenvalue weighted by atomic mass is 10.1. The number of nitrogens with one attached hydrogen (secondary N) is 1. The van der Waals surface area contributed by atoms with Gasteiger partial charge < -0.3 is 15.2 Å². The van der Waals surface area contributed by atoms with E-state index in [0.717, 1.165) is 0 Å². The van der Waals surface area contributed by atoms with Crippen LogP contribution in [0.3, 0.4) is 0 Å². The summed E-state index contributed by atoms with van der Waals surface area (Å²) in [6, 6.07) is 8.81. The Hall–Kier alpha value is -2.04. The predicted octanol–water partition coefficient (Wildman–Crippen LogP) is 0.655. The Kier molecular flexibility index (Phi) is 3.88. The first-order valence-electron chi connectivity index (χ1n) is 4.71. The second-order valence-electron chi connectivity index (χ2n) is 3.50. The van der Waals surface area contributed by atoms with E-state index in [0.29, 0.717) is 12.2 Å². The highest BCUT2D eigenvalue weighted by molar-refractivity contribution is 5.81. The molecule has 1 atom stereocenters. The Labute approximate surface area is 93.0 Å². The minimum atomic E-state index is -1.42. The summed E-state index contributed by atoms with van der Waals surface area (Å²) >= 11 is 0. The van der Waals surface area contributed by atoms with Crippen molar-refractivity contribution in [2.75, 3.05) is 6.61 Å². The summed E-state index contributed by atoms with van der Waals surface area (Å²) in [5, 5.41) is 11.2. The summed E-state index contributed by atoms with van der Waals surface area (Å²) in [6.45, 7) is 1.25. The first-order valence-corrected chi connectivity index (χ1v) is 4.71. The third-order valence-electron chi connectivity index (χ3n) is 2.12. The highest BCUT2D eigenvalue weighted by atomic mass is 16.5. The largest absolute Gasteiger partial charge is 0.491 e. The fraction of sp³-hybridized carbons (Fsp3) is 0.273. The number of ether oxygens (including phenoxy) is 1. The van der Waals surface area contributed by atoms with Crippen LogP contribution in [0.1, 0.15) is 6.92 Å². The molecule has 1 aromatic carbocycles. The first kappa shape index (κ1) is 12.0. The topological polar surface area (TPSA) is 75.6 Å². The number of carbonyl (C=O) groups is 2. The second-order valence-corrected chi connectivity index (χ2v) is 3.50. The van der Waals surface area contributed by atoms with Gasteiger partial charge in [-0.1, -0.05) is 18.2 Å². The van der Waals surface area contributed by atoms with E-state index >= 15 is 0 Å². The number of rotatable bonds is 6. The number of hydrogen-bond donors (Lipinski definition) is 2. The van der Waals surface area contributed by atoms with Crippen LogP contribution >= 0.6 is 0 Å². The van der Waals surface area contributed by atoms with Crippen molar-refractivity contribution in [3.63, 3.8) is 0 Å². The molecule has 5 nitrogen and oxygen atoms in total. The fourth-order valence-corrected chi connectivity index (χ4v) is 1.04. The van der Waals surface area contributed by atoms with Crippen molar-refractivity contribution in [1.29, 1.82) is 0 Å². The van der Waals surface area contributed by atoms with Crippen LogP contribution in [0.15, 0.2) is 30.3 Å². The number of hydrogen-bond acceptors (Lipinski definition) is 3. The summed E-state index contributed by atoms with van der Waals surface area (Å²) < 4.78 is 5.28. The summed E-state index contributed by atoms with van der Waals surface area (Å²) in [5.41, 5.74) is -1.42. The number of carboxylic acids is 1. The maximum absolute atomic E-state index is 10.9. The number of para-hydroxylation sites is 1. The molecule has 16 heavy (non-hydrogen) atoms. The number of amides is 1. The molecule has 0 heterocycles. The quantitative estimate of drug-likeness (QED) is 0.694. The maximum Gasteiger partial charge on any atom is 0.332 e. The van der Waals surface area contributed by atoms with E-state index in [1.165, 1.54) is 6.92 Å². The molecule has 2 N–H and O–H groups in total. The number of aliphatic carboxylic acids is 1. The van der Waals surface area contributed by atoms with Crippen molar-refractivity contribution in [3.8, 4) is 5.75 Å². The van der Waals surface area contributed by atoms with E-state index < -0.39 is 11.5 Å². The van der Waals surface area contributed by atoms with Gasteiger partial charge >= 0.3 is 5.97 Å². The molecule has 0 aliphatic heterocycles. The Balaban J connectivity index is 2.64.